The molecule has 0 saturated carbocycles. The molecule has 29 heavy (non-hydrogen) atoms. The molecule has 0 radical (unpaired) electrons. The number of hydrogen-bond acceptors (Lipinski definition) is 4. The molecule has 0 unspecified atom stereocenters. The highest BCUT2D eigenvalue weighted by molar-refractivity contribution is 6.32. The Kier molecular flexibility index (Phi) is 6.98. The molecular weight excluding hydrogens is 390 g/mol. The van der Waals surface area contributed by atoms with Crippen molar-refractivity contribution in [3.8, 4) is 11.5 Å². The highest BCUT2D eigenvalue weighted by Gasteiger charge is 2.13. The summed E-state index contributed by atoms with van der Waals surface area (Å²) < 4.78 is 11.7. The van der Waals surface area contributed by atoms with Gasteiger partial charge in [0.2, 0.25) is 0 Å². The van der Waals surface area contributed by atoms with E-state index in [0.29, 0.717) is 42.0 Å². The van der Waals surface area contributed by atoms with Crippen LogP contribution in [0.3, 0.4) is 0 Å². The van der Waals surface area contributed by atoms with Gasteiger partial charge in [-0.3, -0.25) is 0 Å². The average Bonchev–Trinajstić information content (AvgIpc) is 2.73. The number of carboxylic acid groups (broad SMARTS) is 1. The maximum Gasteiger partial charge on any atom is 0.335 e. The number of ether oxygens (including phenoxy) is 2. The molecule has 2 N–H and O–H groups in total. The second kappa shape index (κ2) is 9.85. The van der Waals surface area contributed by atoms with Crippen LogP contribution < -0.4 is 14.8 Å². The molecule has 0 spiro atoms. The Labute approximate surface area is 174 Å². The van der Waals surface area contributed by atoms with Gasteiger partial charge in [-0.1, -0.05) is 48.0 Å². The van der Waals surface area contributed by atoms with Crippen LogP contribution in [0.1, 0.15) is 28.4 Å². The van der Waals surface area contributed by atoms with E-state index in [1.165, 1.54) is 0 Å². The summed E-state index contributed by atoms with van der Waals surface area (Å²) in [5.41, 5.74) is 2.87. The molecular formula is C23H22ClNO4. The summed E-state index contributed by atoms with van der Waals surface area (Å²) in [6.45, 7) is 3.23. The summed E-state index contributed by atoms with van der Waals surface area (Å²) in [5.74, 6) is 0.122. The van der Waals surface area contributed by atoms with E-state index in [2.05, 4.69) is 5.32 Å². The van der Waals surface area contributed by atoms with Crippen molar-refractivity contribution < 1.29 is 19.4 Å². The monoisotopic (exact) mass is 411 g/mol. The largest absolute Gasteiger partial charge is 0.490 e. The van der Waals surface area contributed by atoms with E-state index in [1.807, 2.05) is 55.5 Å². The predicted octanol–water partition coefficient (Wildman–Crippen LogP) is 5.63. The summed E-state index contributed by atoms with van der Waals surface area (Å²) in [7, 11) is 0. The Hall–Kier alpha value is -3.18. The predicted molar refractivity (Wildman–Crippen MR) is 114 cm³/mol. The molecule has 0 atom stereocenters. The van der Waals surface area contributed by atoms with E-state index in [-0.39, 0.29) is 5.56 Å². The smallest absolute Gasteiger partial charge is 0.335 e. The molecule has 3 aromatic rings. The molecule has 3 rings (SSSR count). The molecule has 5 nitrogen and oxygen atoms in total. The molecule has 0 aromatic heterocycles. The van der Waals surface area contributed by atoms with Gasteiger partial charge in [0.25, 0.3) is 0 Å². The lowest BCUT2D eigenvalue weighted by Gasteiger charge is -2.16. The van der Waals surface area contributed by atoms with Crippen molar-refractivity contribution in [3.63, 3.8) is 0 Å². The van der Waals surface area contributed by atoms with E-state index in [0.717, 1.165) is 11.1 Å². The van der Waals surface area contributed by atoms with E-state index in [4.69, 9.17) is 26.2 Å². The van der Waals surface area contributed by atoms with E-state index in [9.17, 15) is 4.79 Å². The number of nitrogens with one attached hydrogen (secondary N) is 1. The van der Waals surface area contributed by atoms with Gasteiger partial charge in [-0.25, -0.2) is 4.79 Å². The first-order valence-electron chi connectivity index (χ1n) is 9.26. The number of hydrogen-bond donors (Lipinski definition) is 2. The van der Waals surface area contributed by atoms with Crippen molar-refractivity contribution in [2.24, 2.45) is 0 Å². The Morgan fingerprint density at radius 1 is 1.00 bits per heavy atom. The van der Waals surface area contributed by atoms with Gasteiger partial charge in [0, 0.05) is 12.2 Å². The molecule has 6 heteroatoms. The molecule has 0 aliphatic rings. The molecule has 0 saturated heterocycles. The number of aromatic carboxylic acids is 1. The van der Waals surface area contributed by atoms with E-state index >= 15 is 0 Å². The normalized spacial score (nSPS) is 10.4. The van der Waals surface area contributed by atoms with Gasteiger partial charge in [-0.15, -0.1) is 0 Å². The van der Waals surface area contributed by atoms with Crippen molar-refractivity contribution in [1.29, 1.82) is 0 Å². The van der Waals surface area contributed by atoms with Crippen LogP contribution in [0.4, 0.5) is 5.69 Å². The first-order chi connectivity index (χ1) is 14.1. The SMILES string of the molecule is CCOc1cc(CNc2cccc(C(=O)O)c2)cc(Cl)c1OCc1ccccc1. The lowest BCUT2D eigenvalue weighted by atomic mass is 10.1. The third-order valence-corrected chi connectivity index (χ3v) is 4.48. The van der Waals surface area contributed by atoms with Gasteiger partial charge in [0.15, 0.2) is 11.5 Å². The second-order valence-electron chi connectivity index (χ2n) is 6.35. The third kappa shape index (κ3) is 5.65. The lowest BCUT2D eigenvalue weighted by molar-refractivity contribution is 0.0697. The second-order valence-corrected chi connectivity index (χ2v) is 6.76. The highest BCUT2D eigenvalue weighted by Crippen LogP contribution is 2.37. The molecule has 0 aliphatic carbocycles. The van der Waals surface area contributed by atoms with Crippen LogP contribution >= 0.6 is 11.6 Å². The summed E-state index contributed by atoms with van der Waals surface area (Å²) in [5, 5.41) is 12.8. The first-order valence-corrected chi connectivity index (χ1v) is 9.63. The van der Waals surface area contributed by atoms with Crippen molar-refractivity contribution in [2.75, 3.05) is 11.9 Å². The zero-order valence-corrected chi connectivity index (χ0v) is 16.8. The van der Waals surface area contributed by atoms with E-state index in [1.54, 1.807) is 18.2 Å². The van der Waals surface area contributed by atoms with Gasteiger partial charge < -0.3 is 19.9 Å². The molecule has 0 heterocycles. The number of benzene rings is 3. The zero-order valence-electron chi connectivity index (χ0n) is 16.0. The molecule has 3 aromatic carbocycles. The quantitative estimate of drug-likeness (QED) is 0.477. The third-order valence-electron chi connectivity index (χ3n) is 4.20. The summed E-state index contributed by atoms with van der Waals surface area (Å²) in [6.07, 6.45) is 0. The Bertz CT molecular complexity index is 976. The Morgan fingerprint density at radius 3 is 2.52 bits per heavy atom. The van der Waals surface area contributed by atoms with Crippen LogP contribution in [0.25, 0.3) is 0 Å². The highest BCUT2D eigenvalue weighted by atomic mass is 35.5. The number of carbonyl (C=O) groups is 1. The van der Waals surface area contributed by atoms with Gasteiger partial charge >= 0.3 is 5.97 Å². The van der Waals surface area contributed by atoms with Crippen LogP contribution in [0, 0.1) is 0 Å². The van der Waals surface area contributed by atoms with Gasteiger partial charge in [0.1, 0.15) is 6.61 Å². The minimum atomic E-state index is -0.963. The van der Waals surface area contributed by atoms with Crippen LogP contribution in [0.15, 0.2) is 66.7 Å². The lowest BCUT2D eigenvalue weighted by Crippen LogP contribution is -2.04. The Morgan fingerprint density at radius 2 is 1.79 bits per heavy atom. The van der Waals surface area contributed by atoms with Crippen molar-refractivity contribution in [3.05, 3.63) is 88.4 Å². The van der Waals surface area contributed by atoms with Crippen LogP contribution in [-0.2, 0) is 13.2 Å². The number of carboxylic acids is 1. The van der Waals surface area contributed by atoms with Crippen LogP contribution in [-0.4, -0.2) is 17.7 Å². The van der Waals surface area contributed by atoms with Crippen molar-refractivity contribution in [1.82, 2.24) is 0 Å². The zero-order chi connectivity index (χ0) is 20.6. The summed E-state index contributed by atoms with van der Waals surface area (Å²) in [4.78, 5) is 11.1. The van der Waals surface area contributed by atoms with Gasteiger partial charge in [0.05, 0.1) is 17.2 Å². The minimum absolute atomic E-state index is 0.229. The fraction of sp³-hybridized carbons (Fsp3) is 0.174. The topological polar surface area (TPSA) is 67.8 Å². The maximum atomic E-state index is 11.1. The summed E-state index contributed by atoms with van der Waals surface area (Å²) >= 11 is 6.47. The minimum Gasteiger partial charge on any atom is -0.490 e. The molecule has 0 aliphatic heterocycles. The fourth-order valence-corrected chi connectivity index (χ4v) is 3.11. The average molecular weight is 412 g/mol. The number of anilines is 1. The van der Waals surface area contributed by atoms with Crippen LogP contribution in [0.5, 0.6) is 11.5 Å². The maximum absolute atomic E-state index is 11.1. The Balaban J connectivity index is 1.74. The van der Waals surface area contributed by atoms with E-state index < -0.39 is 5.97 Å². The fourth-order valence-electron chi connectivity index (χ4n) is 2.82. The standard InChI is InChI=1S/C23H22ClNO4/c1-2-28-21-12-17(14-25-19-10-6-9-18(13-19)23(26)27)11-20(24)22(21)29-15-16-7-4-3-5-8-16/h3-13,25H,2,14-15H2,1H3,(H,26,27). The first kappa shape index (κ1) is 20.6. The van der Waals surface area contributed by atoms with Gasteiger partial charge in [-0.2, -0.15) is 0 Å². The molecule has 150 valence electrons. The number of rotatable bonds is 9. The molecule has 0 bridgehead atoms. The molecule has 0 amide bonds. The molecule has 0 fully saturated rings. The van der Waals surface area contributed by atoms with Gasteiger partial charge in [-0.05, 0) is 48.4 Å². The van der Waals surface area contributed by atoms with Crippen LogP contribution in [0.2, 0.25) is 5.02 Å². The number of halogens is 1. The van der Waals surface area contributed by atoms with Crippen molar-refractivity contribution >= 4 is 23.3 Å². The van der Waals surface area contributed by atoms with Crippen molar-refractivity contribution in [2.45, 2.75) is 20.1 Å². The summed E-state index contributed by atoms with van der Waals surface area (Å²) in [6, 6.07) is 20.2.